The molecule has 204 valence electrons. The molecule has 1 unspecified atom stereocenters. The minimum atomic E-state index is -0.676. The molecule has 2 heterocycles. The lowest BCUT2D eigenvalue weighted by Gasteiger charge is -2.25. The number of hydrogen-bond donors (Lipinski definition) is 1. The predicted molar refractivity (Wildman–Crippen MR) is 154 cm³/mol. The standard InChI is InChI=1S/C33H33N3O4/c1-3-24-9-11-25(12-10-24)30-29(32(38)33(39)36(30)19-6-18-35-20-17-34-22-35)31(37)26-13-15-28(16-14-26)40-21-27-8-5-4-7-23(27)2/h4-5,7-17,20,22,30,37H,3,6,18-19,21H2,1-2H3. The molecule has 40 heavy (non-hydrogen) atoms. The van der Waals surface area contributed by atoms with Crippen LogP contribution in [0.1, 0.15) is 47.2 Å². The molecule has 1 saturated heterocycles. The third kappa shape index (κ3) is 5.69. The highest BCUT2D eigenvalue weighted by atomic mass is 16.5. The average Bonchev–Trinajstić information content (AvgIpc) is 3.59. The number of ether oxygens (including phenoxy) is 1. The van der Waals surface area contributed by atoms with Crippen LogP contribution < -0.4 is 4.74 Å². The summed E-state index contributed by atoms with van der Waals surface area (Å²) >= 11 is 0. The summed E-state index contributed by atoms with van der Waals surface area (Å²) in [6, 6.07) is 22.2. The number of aliphatic hydroxyl groups is 1. The zero-order valence-electron chi connectivity index (χ0n) is 22.8. The Hall–Kier alpha value is -4.65. The Kier molecular flexibility index (Phi) is 8.10. The highest BCUT2D eigenvalue weighted by molar-refractivity contribution is 6.46. The lowest BCUT2D eigenvalue weighted by atomic mass is 9.94. The number of ketones is 1. The fourth-order valence-corrected chi connectivity index (χ4v) is 5.03. The molecule has 7 nitrogen and oxygen atoms in total. The minimum absolute atomic E-state index is 0.102. The molecule has 0 radical (unpaired) electrons. The Bertz CT molecular complexity index is 1510. The summed E-state index contributed by atoms with van der Waals surface area (Å²) < 4.78 is 7.88. The van der Waals surface area contributed by atoms with Gasteiger partial charge in [0.05, 0.1) is 17.9 Å². The second-order valence-electron chi connectivity index (χ2n) is 9.98. The SMILES string of the molecule is CCc1ccc(C2C(=C(O)c3ccc(OCc4ccccc4C)cc3)C(=O)C(=O)N2CCCn2ccnc2)cc1. The minimum Gasteiger partial charge on any atom is -0.507 e. The van der Waals surface area contributed by atoms with Crippen LogP contribution in [-0.2, 0) is 29.2 Å². The normalized spacial score (nSPS) is 16.4. The Morgan fingerprint density at radius 1 is 0.975 bits per heavy atom. The van der Waals surface area contributed by atoms with Crippen molar-refractivity contribution in [3.63, 3.8) is 0 Å². The molecular formula is C33H33N3O4. The van der Waals surface area contributed by atoms with E-state index in [1.54, 1.807) is 41.7 Å². The molecular weight excluding hydrogens is 502 g/mol. The van der Waals surface area contributed by atoms with Crippen molar-refractivity contribution in [3.05, 3.63) is 125 Å². The number of aromatic nitrogens is 2. The average molecular weight is 536 g/mol. The van der Waals surface area contributed by atoms with E-state index >= 15 is 0 Å². The molecule has 5 rings (SSSR count). The number of hydrogen-bond acceptors (Lipinski definition) is 5. The van der Waals surface area contributed by atoms with E-state index in [-0.39, 0.29) is 11.3 Å². The monoisotopic (exact) mass is 535 g/mol. The summed E-state index contributed by atoms with van der Waals surface area (Å²) in [5, 5.41) is 11.4. The molecule has 1 fully saturated rings. The van der Waals surface area contributed by atoms with Crippen molar-refractivity contribution in [3.8, 4) is 5.75 Å². The number of Topliss-reactive ketones (excluding diaryl/α,β-unsaturated/α-hetero) is 1. The molecule has 4 aromatic rings. The third-order valence-electron chi connectivity index (χ3n) is 7.40. The summed E-state index contributed by atoms with van der Waals surface area (Å²) in [4.78, 5) is 32.2. The first-order valence-corrected chi connectivity index (χ1v) is 13.6. The lowest BCUT2D eigenvalue weighted by Crippen LogP contribution is -2.31. The molecule has 1 amide bonds. The summed E-state index contributed by atoms with van der Waals surface area (Å²) in [6.45, 7) is 5.57. The van der Waals surface area contributed by atoms with Gasteiger partial charge in [0.15, 0.2) is 0 Å². The summed E-state index contributed by atoms with van der Waals surface area (Å²) in [5.74, 6) is -0.823. The van der Waals surface area contributed by atoms with E-state index in [0.29, 0.717) is 37.4 Å². The smallest absolute Gasteiger partial charge is 0.295 e. The van der Waals surface area contributed by atoms with E-state index in [1.165, 1.54) is 0 Å². The number of likely N-dealkylation sites (tertiary alicyclic amines) is 1. The van der Waals surface area contributed by atoms with Crippen LogP contribution in [0.15, 0.2) is 97.1 Å². The van der Waals surface area contributed by atoms with Gasteiger partial charge < -0.3 is 19.3 Å². The molecule has 0 spiro atoms. The fourth-order valence-electron chi connectivity index (χ4n) is 5.03. The van der Waals surface area contributed by atoms with Crippen molar-refractivity contribution in [2.75, 3.05) is 6.54 Å². The summed E-state index contributed by atoms with van der Waals surface area (Å²) in [5.41, 5.74) is 4.75. The van der Waals surface area contributed by atoms with E-state index in [4.69, 9.17) is 4.74 Å². The van der Waals surface area contributed by atoms with Gasteiger partial charge >= 0.3 is 0 Å². The van der Waals surface area contributed by atoms with Gasteiger partial charge in [0, 0.05) is 31.0 Å². The Morgan fingerprint density at radius 3 is 2.40 bits per heavy atom. The van der Waals surface area contributed by atoms with Gasteiger partial charge in [-0.25, -0.2) is 4.98 Å². The first-order valence-electron chi connectivity index (χ1n) is 13.6. The van der Waals surface area contributed by atoms with Crippen LogP contribution in [0.2, 0.25) is 0 Å². The van der Waals surface area contributed by atoms with Crippen molar-refractivity contribution in [2.45, 2.75) is 45.9 Å². The molecule has 3 aromatic carbocycles. The zero-order chi connectivity index (χ0) is 28.1. The molecule has 1 atom stereocenters. The van der Waals surface area contributed by atoms with Gasteiger partial charge in [-0.2, -0.15) is 0 Å². The maximum atomic E-state index is 13.3. The molecule has 7 heteroatoms. The number of aliphatic hydroxyl groups excluding tert-OH is 1. The Balaban J connectivity index is 1.42. The number of imidazole rings is 1. The van der Waals surface area contributed by atoms with Crippen molar-refractivity contribution in [1.82, 2.24) is 14.5 Å². The first-order chi connectivity index (χ1) is 19.5. The van der Waals surface area contributed by atoms with Crippen molar-refractivity contribution in [1.29, 1.82) is 0 Å². The Morgan fingerprint density at radius 2 is 1.73 bits per heavy atom. The van der Waals surface area contributed by atoms with E-state index in [9.17, 15) is 14.7 Å². The van der Waals surface area contributed by atoms with Crippen molar-refractivity contribution in [2.24, 2.45) is 0 Å². The number of rotatable bonds is 10. The summed E-state index contributed by atoms with van der Waals surface area (Å²) in [7, 11) is 0. The van der Waals surface area contributed by atoms with Crippen molar-refractivity contribution < 1.29 is 19.4 Å². The fraction of sp³-hybridized carbons (Fsp3) is 0.242. The van der Waals surface area contributed by atoms with Crippen LogP contribution in [0.5, 0.6) is 5.75 Å². The second-order valence-corrected chi connectivity index (χ2v) is 9.98. The van der Waals surface area contributed by atoms with Gasteiger partial charge in [0.2, 0.25) is 0 Å². The largest absolute Gasteiger partial charge is 0.507 e. The van der Waals surface area contributed by atoms with Crippen molar-refractivity contribution >= 4 is 17.4 Å². The van der Waals surface area contributed by atoms with Crippen LogP contribution in [0.4, 0.5) is 0 Å². The highest BCUT2D eigenvalue weighted by Crippen LogP contribution is 2.39. The summed E-state index contributed by atoms with van der Waals surface area (Å²) in [6.07, 6.45) is 6.82. The highest BCUT2D eigenvalue weighted by Gasteiger charge is 2.45. The van der Waals surface area contributed by atoms with Crippen LogP contribution in [-0.4, -0.2) is 37.8 Å². The number of nitrogens with zero attached hydrogens (tertiary/aromatic N) is 3. The van der Waals surface area contributed by atoms with Gasteiger partial charge in [0.25, 0.3) is 11.7 Å². The van der Waals surface area contributed by atoms with Gasteiger partial charge in [0.1, 0.15) is 18.1 Å². The van der Waals surface area contributed by atoms with Crippen LogP contribution in [0.25, 0.3) is 5.76 Å². The topological polar surface area (TPSA) is 84.7 Å². The molecule has 0 bridgehead atoms. The molecule has 0 aliphatic carbocycles. The van der Waals surface area contributed by atoms with Crippen LogP contribution in [0.3, 0.4) is 0 Å². The molecule has 1 N–H and O–H groups in total. The molecule has 1 aromatic heterocycles. The van der Waals surface area contributed by atoms with E-state index in [1.807, 2.05) is 66.2 Å². The Labute approximate surface area is 234 Å². The van der Waals surface area contributed by atoms with Gasteiger partial charge in [-0.05, 0) is 66.3 Å². The maximum Gasteiger partial charge on any atom is 0.295 e. The molecule has 0 saturated carbocycles. The van der Waals surface area contributed by atoms with Gasteiger partial charge in [-0.15, -0.1) is 0 Å². The number of carbonyl (C=O) groups is 2. The number of amides is 1. The van der Waals surface area contributed by atoms with Crippen LogP contribution >= 0.6 is 0 Å². The maximum absolute atomic E-state index is 13.3. The van der Waals surface area contributed by atoms with Crippen LogP contribution in [0, 0.1) is 6.92 Å². The zero-order valence-corrected chi connectivity index (χ0v) is 22.8. The van der Waals surface area contributed by atoms with Gasteiger partial charge in [-0.3, -0.25) is 9.59 Å². The van der Waals surface area contributed by atoms with E-state index < -0.39 is 17.7 Å². The lowest BCUT2D eigenvalue weighted by molar-refractivity contribution is -0.139. The van der Waals surface area contributed by atoms with E-state index in [0.717, 1.165) is 28.7 Å². The molecule has 1 aliphatic rings. The second kappa shape index (κ2) is 12.0. The number of aryl methyl sites for hydroxylation is 3. The first kappa shape index (κ1) is 26.9. The number of carbonyl (C=O) groups excluding carboxylic acids is 2. The van der Waals surface area contributed by atoms with Gasteiger partial charge in [-0.1, -0.05) is 55.5 Å². The number of benzene rings is 3. The molecule has 1 aliphatic heterocycles. The third-order valence-corrected chi connectivity index (χ3v) is 7.40. The van der Waals surface area contributed by atoms with E-state index in [2.05, 4.69) is 11.9 Å². The quantitative estimate of drug-likeness (QED) is 0.157. The predicted octanol–water partition coefficient (Wildman–Crippen LogP) is 5.84.